The fourth-order valence-electron chi connectivity index (χ4n) is 8.70. The van der Waals surface area contributed by atoms with Gasteiger partial charge in [-0.15, -0.1) is 0 Å². The number of nitrogens with one attached hydrogen (secondary N) is 2. The van der Waals surface area contributed by atoms with Gasteiger partial charge < -0.3 is 29.9 Å². The van der Waals surface area contributed by atoms with E-state index in [0.29, 0.717) is 18.4 Å². The Balaban J connectivity index is 1.45. The molecule has 13 nitrogen and oxygen atoms in total. The largest absolute Gasteiger partial charge is 0.467 e. The van der Waals surface area contributed by atoms with E-state index in [1.54, 1.807) is 27.0 Å². The predicted octanol–water partition coefficient (Wildman–Crippen LogP) is 8.49. The molecule has 4 bridgehead atoms. The molecule has 0 unspecified atom stereocenters. The van der Waals surface area contributed by atoms with Gasteiger partial charge in [-0.25, -0.2) is 4.79 Å². The van der Waals surface area contributed by atoms with Gasteiger partial charge in [0.1, 0.15) is 18.1 Å². The van der Waals surface area contributed by atoms with Crippen molar-refractivity contribution in [2.75, 3.05) is 27.8 Å². The predicted molar refractivity (Wildman–Crippen MR) is 264 cm³/mol. The molecule has 1 heterocycles. The van der Waals surface area contributed by atoms with E-state index >= 15 is 0 Å². The lowest BCUT2D eigenvalue weighted by molar-refractivity contribution is -0.145. The van der Waals surface area contributed by atoms with E-state index in [1.165, 1.54) is 62.5 Å². The van der Waals surface area contributed by atoms with Crippen LogP contribution in [-0.4, -0.2) is 96.9 Å². The van der Waals surface area contributed by atoms with Crippen LogP contribution in [-0.2, 0) is 56.1 Å². The molecular formula is C55H76N4O9. The van der Waals surface area contributed by atoms with Crippen LogP contribution < -0.4 is 10.6 Å². The first-order valence-corrected chi connectivity index (χ1v) is 24.6. The maximum absolute atomic E-state index is 14.3. The first-order chi connectivity index (χ1) is 32.6. The van der Waals surface area contributed by atoms with Gasteiger partial charge in [0, 0.05) is 52.1 Å². The Hall–Kier alpha value is -5.69. The molecule has 0 saturated carbocycles. The van der Waals surface area contributed by atoms with Gasteiger partial charge in [0.25, 0.3) is 0 Å². The third kappa shape index (κ3) is 16.5. The minimum absolute atomic E-state index is 0.0848. The number of nitrogens with zero attached hydrogens (tertiary/aromatic N) is 2. The van der Waals surface area contributed by atoms with E-state index < -0.39 is 65.3 Å². The molecule has 0 spiro atoms. The summed E-state index contributed by atoms with van der Waals surface area (Å²) in [5, 5.41) is 5.55. The number of carbonyl (C=O) groups excluding carboxylic acids is 7. The molecule has 5 atom stereocenters. The monoisotopic (exact) mass is 937 g/mol. The Labute approximate surface area is 404 Å². The normalized spacial score (nSPS) is 17.0. The van der Waals surface area contributed by atoms with E-state index in [2.05, 4.69) is 17.6 Å². The minimum atomic E-state index is -1.10. The lowest BCUT2D eigenvalue weighted by Gasteiger charge is -2.30. The number of amides is 4. The Kier molecular flexibility index (Phi) is 22.6. The van der Waals surface area contributed by atoms with Crippen molar-refractivity contribution in [1.29, 1.82) is 0 Å². The van der Waals surface area contributed by atoms with E-state index in [4.69, 9.17) is 9.47 Å². The van der Waals surface area contributed by atoms with Crippen molar-refractivity contribution in [2.24, 2.45) is 5.92 Å². The lowest BCUT2D eigenvalue weighted by Crippen LogP contribution is -2.53. The summed E-state index contributed by atoms with van der Waals surface area (Å²) in [6.07, 6.45) is 11.1. The molecule has 370 valence electrons. The summed E-state index contributed by atoms with van der Waals surface area (Å²) in [4.78, 5) is 98.3. The Morgan fingerprint density at radius 3 is 2.03 bits per heavy atom. The molecule has 3 aromatic rings. The number of fused-ring (bicyclic) bond motifs is 5. The molecule has 0 saturated heterocycles. The number of Topliss-reactive ketones (excluding diaryl/α,β-unsaturated/α-hetero) is 2. The summed E-state index contributed by atoms with van der Waals surface area (Å²) in [6.45, 7) is 9.43. The van der Waals surface area contributed by atoms with Crippen molar-refractivity contribution in [1.82, 2.24) is 20.4 Å². The van der Waals surface area contributed by atoms with Gasteiger partial charge in [-0.3, -0.25) is 28.8 Å². The molecule has 13 heteroatoms. The first kappa shape index (κ1) is 54.9. The third-order valence-electron chi connectivity index (χ3n) is 13.2. The van der Waals surface area contributed by atoms with Crippen molar-refractivity contribution in [2.45, 2.75) is 162 Å². The van der Waals surface area contributed by atoms with Crippen LogP contribution in [0, 0.1) is 19.8 Å². The molecule has 0 fully saturated rings. The Morgan fingerprint density at radius 1 is 0.765 bits per heavy atom. The SMILES string of the molecule is CCCCCCCCCCCCC(=O)N(C)[C@H](COCc1ccccc1)C(=O)N[C@H](C)C(=O)CCC(=O)N(C)[C@@H]1C(=O)C[C@@H](C)C(=O)N[C@H](C(=O)OC)Cc2ccc(C)c(c2)-c2cc1ccc2C. The van der Waals surface area contributed by atoms with E-state index in [-0.39, 0.29) is 44.8 Å². The van der Waals surface area contributed by atoms with Crippen LogP contribution >= 0.6 is 0 Å². The number of carbonyl (C=O) groups is 7. The highest BCUT2D eigenvalue weighted by Gasteiger charge is 2.34. The molecule has 4 amide bonds. The second-order valence-electron chi connectivity index (χ2n) is 18.6. The number of esters is 1. The smallest absolute Gasteiger partial charge is 0.328 e. The second-order valence-corrected chi connectivity index (χ2v) is 18.6. The molecule has 4 rings (SSSR count). The highest BCUT2D eigenvalue weighted by molar-refractivity contribution is 5.96. The number of methoxy groups -OCH3 is 1. The molecule has 68 heavy (non-hydrogen) atoms. The highest BCUT2D eigenvalue weighted by atomic mass is 16.5. The second kappa shape index (κ2) is 28.0. The summed E-state index contributed by atoms with van der Waals surface area (Å²) < 4.78 is 11.0. The molecule has 0 aliphatic carbocycles. The summed E-state index contributed by atoms with van der Waals surface area (Å²) in [6, 6.07) is 16.8. The molecule has 3 aromatic carbocycles. The summed E-state index contributed by atoms with van der Waals surface area (Å²) in [7, 11) is 4.35. The van der Waals surface area contributed by atoms with Crippen LogP contribution in [0.2, 0.25) is 0 Å². The average Bonchev–Trinajstić information content (AvgIpc) is 3.32. The number of likely N-dealkylation sites (N-methyl/N-ethyl adjacent to an activating group) is 2. The van der Waals surface area contributed by atoms with Crippen molar-refractivity contribution >= 4 is 41.2 Å². The molecule has 0 aromatic heterocycles. The van der Waals surface area contributed by atoms with Gasteiger partial charge >= 0.3 is 5.97 Å². The van der Waals surface area contributed by atoms with Gasteiger partial charge in [-0.1, -0.05) is 132 Å². The maximum atomic E-state index is 14.3. The Bertz CT molecular complexity index is 2170. The van der Waals surface area contributed by atoms with Crippen molar-refractivity contribution in [3.05, 3.63) is 94.5 Å². The molecule has 0 radical (unpaired) electrons. The summed E-state index contributed by atoms with van der Waals surface area (Å²) in [5.41, 5.74) is 5.87. The van der Waals surface area contributed by atoms with Crippen molar-refractivity contribution in [3.8, 4) is 11.1 Å². The zero-order chi connectivity index (χ0) is 49.8. The molecule has 1 aliphatic rings. The van der Waals surface area contributed by atoms with Gasteiger partial charge in [0.2, 0.25) is 23.6 Å². The van der Waals surface area contributed by atoms with Crippen LogP contribution in [0.25, 0.3) is 11.1 Å². The number of hydrogen-bond donors (Lipinski definition) is 2. The van der Waals surface area contributed by atoms with Crippen LogP contribution in [0.4, 0.5) is 0 Å². The average molecular weight is 937 g/mol. The van der Waals surface area contributed by atoms with E-state index in [1.807, 2.05) is 74.5 Å². The van der Waals surface area contributed by atoms with E-state index in [0.717, 1.165) is 52.6 Å². The van der Waals surface area contributed by atoms with E-state index in [9.17, 15) is 33.6 Å². The topological polar surface area (TPSA) is 168 Å². The highest BCUT2D eigenvalue weighted by Crippen LogP contribution is 2.34. The number of hydrogen-bond acceptors (Lipinski definition) is 9. The standard InChI is InChI=1S/C55H76N4O9/c1-9-10-11-12-13-14-15-16-17-21-24-50(62)58(6)47(36-68-35-41-22-19-18-20-23-41)54(65)56-40(5)48(60)29-30-51(63)59(7)52-43-28-26-38(3)45(34-43)44-32-42(27-25-37(44)2)33-46(55(66)67-8)57-53(64)39(4)31-49(52)61/h18-20,22-23,25-28,32,34,39-40,46-47,52H,9-17,21,24,29-31,33,35-36H2,1-8H3,(H,56,65)(H,57,64)/t39-,40-,46+,47-,52+/m1/s1. The summed E-state index contributed by atoms with van der Waals surface area (Å²) in [5.74, 6) is -3.98. The van der Waals surface area contributed by atoms with Crippen LogP contribution in [0.1, 0.15) is 145 Å². The van der Waals surface area contributed by atoms with Crippen molar-refractivity contribution in [3.63, 3.8) is 0 Å². The number of rotatable bonds is 24. The lowest BCUT2D eigenvalue weighted by atomic mass is 9.87. The van der Waals surface area contributed by atoms with Crippen molar-refractivity contribution < 1.29 is 43.0 Å². The number of ketones is 2. The van der Waals surface area contributed by atoms with Crippen LogP contribution in [0.5, 0.6) is 0 Å². The number of benzene rings is 3. The summed E-state index contributed by atoms with van der Waals surface area (Å²) >= 11 is 0. The first-order valence-electron chi connectivity index (χ1n) is 24.6. The van der Waals surface area contributed by atoms with Gasteiger partial charge in [0.15, 0.2) is 11.6 Å². The molecular weight excluding hydrogens is 861 g/mol. The van der Waals surface area contributed by atoms with Gasteiger partial charge in [-0.2, -0.15) is 0 Å². The number of aryl methyl sites for hydroxylation is 2. The maximum Gasteiger partial charge on any atom is 0.328 e. The fraction of sp³-hybridized carbons (Fsp3) is 0.545. The quantitative estimate of drug-likeness (QED) is 0.0661. The van der Waals surface area contributed by atoms with Crippen LogP contribution in [0.15, 0.2) is 66.7 Å². The minimum Gasteiger partial charge on any atom is -0.467 e. The van der Waals surface area contributed by atoms with Gasteiger partial charge in [-0.05, 0) is 72.2 Å². The fourth-order valence-corrected chi connectivity index (χ4v) is 8.70. The number of unbranched alkanes of at least 4 members (excludes halogenated alkanes) is 9. The van der Waals surface area contributed by atoms with Gasteiger partial charge in [0.05, 0.1) is 26.4 Å². The molecule has 2 N–H and O–H groups in total. The molecule has 1 aliphatic heterocycles. The van der Waals surface area contributed by atoms with Crippen LogP contribution in [0.3, 0.4) is 0 Å². The zero-order valence-corrected chi connectivity index (χ0v) is 41.8. The Morgan fingerprint density at radius 2 is 1.38 bits per heavy atom. The number of ether oxygens (including phenoxy) is 2. The third-order valence-corrected chi connectivity index (χ3v) is 13.2. The zero-order valence-electron chi connectivity index (χ0n) is 41.8.